The molecule has 0 radical (unpaired) electrons. The minimum absolute atomic E-state index is 0.166. The van der Waals surface area contributed by atoms with Crippen molar-refractivity contribution in [3.05, 3.63) is 77.8 Å². The summed E-state index contributed by atoms with van der Waals surface area (Å²) in [4.78, 5) is 1.79. The number of hydrogen-bond donors (Lipinski definition) is 0. The molecule has 2 aromatic rings. The SMILES string of the molecule is CC1(C)O[C@H]2O[C@H]([C@@H]3CN(/C=C/S(=O)(=O)c4ccccc4)C(=S)O3)[C@H](OCc3ccccc3)[C@H]2O1. The Kier molecular flexibility index (Phi) is 6.69. The maximum absolute atomic E-state index is 12.6. The van der Waals surface area contributed by atoms with E-state index in [4.69, 9.17) is 35.9 Å². The van der Waals surface area contributed by atoms with Gasteiger partial charge in [0, 0.05) is 6.20 Å². The average molecular weight is 518 g/mol. The fourth-order valence-electron chi connectivity index (χ4n) is 4.40. The molecule has 0 N–H and O–H groups in total. The zero-order valence-corrected chi connectivity index (χ0v) is 21.0. The first-order valence-electron chi connectivity index (χ1n) is 11.3. The van der Waals surface area contributed by atoms with E-state index in [9.17, 15) is 8.42 Å². The van der Waals surface area contributed by atoms with Crippen LogP contribution in [0, 0.1) is 0 Å². The smallest absolute Gasteiger partial charge is 0.263 e. The number of sulfone groups is 1. The first-order valence-corrected chi connectivity index (χ1v) is 13.3. The lowest BCUT2D eigenvalue weighted by Gasteiger charge is -2.28. The van der Waals surface area contributed by atoms with E-state index in [0.29, 0.717) is 13.2 Å². The van der Waals surface area contributed by atoms with Gasteiger partial charge in [0.15, 0.2) is 12.1 Å². The van der Waals surface area contributed by atoms with Crippen LogP contribution in [0.15, 0.2) is 77.2 Å². The van der Waals surface area contributed by atoms with Crippen molar-refractivity contribution in [1.82, 2.24) is 4.90 Å². The van der Waals surface area contributed by atoms with E-state index in [2.05, 4.69) is 0 Å². The van der Waals surface area contributed by atoms with Crippen LogP contribution in [0.3, 0.4) is 0 Å². The molecule has 0 unspecified atom stereocenters. The Morgan fingerprint density at radius 2 is 1.74 bits per heavy atom. The van der Waals surface area contributed by atoms with Gasteiger partial charge in [0.1, 0.15) is 24.4 Å². The molecule has 3 fully saturated rings. The molecule has 35 heavy (non-hydrogen) atoms. The van der Waals surface area contributed by atoms with Crippen LogP contribution < -0.4 is 0 Å². The largest absolute Gasteiger partial charge is 0.463 e. The lowest BCUT2D eigenvalue weighted by atomic mass is 10.1. The number of thiocarbonyl (C=S) groups is 1. The van der Waals surface area contributed by atoms with Gasteiger partial charge in [0.25, 0.3) is 5.17 Å². The van der Waals surface area contributed by atoms with E-state index in [0.717, 1.165) is 11.0 Å². The Balaban J connectivity index is 1.30. The standard InChI is InChI=1S/C25H27NO7S2/c1-25(2)32-22-21(29-16-17-9-5-3-6-10-17)20(31-23(22)33-25)19-15-26(24(34)30-19)13-14-35(27,28)18-11-7-4-8-12-18/h3-14,19-23H,15-16H2,1-2H3/b14-13+/t19-,20+,21-,22+,23+/m0/s1. The summed E-state index contributed by atoms with van der Waals surface area (Å²) >= 11 is 5.37. The lowest BCUT2D eigenvalue weighted by Crippen LogP contribution is -2.44. The number of benzene rings is 2. The predicted molar refractivity (Wildman–Crippen MR) is 131 cm³/mol. The van der Waals surface area contributed by atoms with Crippen molar-refractivity contribution in [1.29, 1.82) is 0 Å². The molecule has 0 amide bonds. The van der Waals surface area contributed by atoms with Crippen molar-refractivity contribution in [3.63, 3.8) is 0 Å². The molecule has 0 aromatic heterocycles. The highest BCUT2D eigenvalue weighted by Gasteiger charge is 2.58. The van der Waals surface area contributed by atoms with Crippen molar-refractivity contribution >= 4 is 27.2 Å². The molecule has 0 spiro atoms. The summed E-state index contributed by atoms with van der Waals surface area (Å²) in [6.07, 6.45) is -1.09. The molecule has 5 atom stereocenters. The van der Waals surface area contributed by atoms with E-state index in [1.807, 2.05) is 44.2 Å². The Labute approximate surface area is 210 Å². The lowest BCUT2D eigenvalue weighted by molar-refractivity contribution is -0.227. The molecule has 186 valence electrons. The third kappa shape index (κ3) is 5.28. The van der Waals surface area contributed by atoms with Gasteiger partial charge >= 0.3 is 0 Å². The van der Waals surface area contributed by atoms with Gasteiger partial charge in [0.2, 0.25) is 9.84 Å². The van der Waals surface area contributed by atoms with E-state index in [1.165, 1.54) is 6.20 Å². The van der Waals surface area contributed by atoms with Gasteiger partial charge in [-0.25, -0.2) is 8.42 Å². The number of rotatable bonds is 7. The van der Waals surface area contributed by atoms with Crippen molar-refractivity contribution in [2.75, 3.05) is 6.54 Å². The summed E-state index contributed by atoms with van der Waals surface area (Å²) in [5, 5.41) is 1.29. The van der Waals surface area contributed by atoms with Crippen molar-refractivity contribution in [2.45, 2.75) is 61.8 Å². The van der Waals surface area contributed by atoms with Crippen LogP contribution in [0.25, 0.3) is 0 Å². The molecule has 3 aliphatic rings. The Bertz CT molecular complexity index is 1190. The molecule has 5 rings (SSSR count). The molecule has 3 saturated heterocycles. The molecule has 0 aliphatic carbocycles. The third-order valence-corrected chi connectivity index (χ3v) is 7.77. The Morgan fingerprint density at radius 3 is 2.46 bits per heavy atom. The molecule has 3 heterocycles. The molecule has 2 aromatic carbocycles. The van der Waals surface area contributed by atoms with Crippen LogP contribution >= 0.6 is 12.2 Å². The second-order valence-corrected chi connectivity index (χ2v) is 11.2. The molecule has 3 aliphatic heterocycles. The monoisotopic (exact) mass is 517 g/mol. The van der Waals surface area contributed by atoms with Gasteiger partial charge in [-0.15, -0.1) is 0 Å². The first-order chi connectivity index (χ1) is 16.7. The van der Waals surface area contributed by atoms with Crippen LogP contribution in [0.2, 0.25) is 0 Å². The van der Waals surface area contributed by atoms with Gasteiger partial charge in [-0.05, 0) is 43.8 Å². The Hall–Kier alpha value is -2.34. The number of nitrogens with zero attached hydrogens (tertiary/aromatic N) is 1. The highest BCUT2D eigenvalue weighted by molar-refractivity contribution is 7.94. The maximum Gasteiger partial charge on any atom is 0.263 e. The summed E-state index contributed by atoms with van der Waals surface area (Å²) in [6, 6.07) is 18.0. The van der Waals surface area contributed by atoms with Crippen molar-refractivity contribution < 1.29 is 32.1 Å². The van der Waals surface area contributed by atoms with Gasteiger partial charge in [0.05, 0.1) is 23.5 Å². The van der Waals surface area contributed by atoms with E-state index < -0.39 is 46.3 Å². The molecular weight excluding hydrogens is 490 g/mol. The van der Waals surface area contributed by atoms with Gasteiger partial charge in [-0.2, -0.15) is 0 Å². The van der Waals surface area contributed by atoms with Crippen LogP contribution in [0.5, 0.6) is 0 Å². The summed E-state index contributed by atoms with van der Waals surface area (Å²) in [5.74, 6) is -0.791. The van der Waals surface area contributed by atoms with Crippen LogP contribution in [-0.2, 0) is 40.1 Å². The van der Waals surface area contributed by atoms with Crippen molar-refractivity contribution in [3.8, 4) is 0 Å². The number of fused-ring (bicyclic) bond motifs is 1. The Morgan fingerprint density at radius 1 is 1.06 bits per heavy atom. The van der Waals surface area contributed by atoms with Crippen LogP contribution in [0.1, 0.15) is 19.4 Å². The topological polar surface area (TPSA) is 83.5 Å². The minimum atomic E-state index is -3.62. The second kappa shape index (κ2) is 9.61. The highest BCUT2D eigenvalue weighted by Crippen LogP contribution is 2.41. The van der Waals surface area contributed by atoms with E-state index in [1.54, 1.807) is 35.2 Å². The highest BCUT2D eigenvalue weighted by atomic mass is 32.2. The normalized spacial score (nSPS) is 30.1. The predicted octanol–water partition coefficient (Wildman–Crippen LogP) is 3.38. The first kappa shape index (κ1) is 24.4. The summed E-state index contributed by atoms with van der Waals surface area (Å²) in [6.45, 7) is 4.34. The summed E-state index contributed by atoms with van der Waals surface area (Å²) in [7, 11) is -3.62. The zero-order chi connectivity index (χ0) is 24.6. The molecule has 0 bridgehead atoms. The van der Waals surface area contributed by atoms with E-state index in [-0.39, 0.29) is 10.1 Å². The summed E-state index contributed by atoms with van der Waals surface area (Å²) < 4.78 is 55.7. The minimum Gasteiger partial charge on any atom is -0.463 e. The molecule has 8 nitrogen and oxygen atoms in total. The third-order valence-electron chi connectivity index (χ3n) is 6.03. The van der Waals surface area contributed by atoms with Crippen molar-refractivity contribution in [2.24, 2.45) is 0 Å². The molecule has 10 heteroatoms. The van der Waals surface area contributed by atoms with Crippen LogP contribution in [0.4, 0.5) is 0 Å². The quantitative estimate of drug-likeness (QED) is 0.513. The van der Waals surface area contributed by atoms with E-state index >= 15 is 0 Å². The van der Waals surface area contributed by atoms with Gasteiger partial charge < -0.3 is 28.6 Å². The van der Waals surface area contributed by atoms with Gasteiger partial charge in [-0.3, -0.25) is 0 Å². The fourth-order valence-corrected chi connectivity index (χ4v) is 5.66. The molecule has 0 saturated carbocycles. The number of ether oxygens (including phenoxy) is 5. The van der Waals surface area contributed by atoms with Gasteiger partial charge in [-0.1, -0.05) is 48.5 Å². The second-order valence-electron chi connectivity index (χ2n) is 9.05. The fraction of sp³-hybridized carbons (Fsp3) is 0.400. The zero-order valence-electron chi connectivity index (χ0n) is 19.4. The molecular formula is C25H27NO7S2. The average Bonchev–Trinajstić information content (AvgIpc) is 3.46. The summed E-state index contributed by atoms with van der Waals surface area (Å²) in [5.41, 5.74) is 1.02. The maximum atomic E-state index is 12.6. The number of hydrogen-bond acceptors (Lipinski definition) is 8. The van der Waals surface area contributed by atoms with Crippen LogP contribution in [-0.4, -0.2) is 61.5 Å².